The molecule has 548 valence electrons. The van der Waals surface area contributed by atoms with Crippen molar-refractivity contribution in [1.29, 1.82) is 0 Å². The van der Waals surface area contributed by atoms with Gasteiger partial charge in [-0.2, -0.15) is 0 Å². The van der Waals surface area contributed by atoms with Gasteiger partial charge < -0.3 is 43.5 Å². The Balaban J connectivity index is 0.000000164. The van der Waals surface area contributed by atoms with Gasteiger partial charge in [-0.25, -0.2) is 0 Å². The van der Waals surface area contributed by atoms with Crippen LogP contribution in [0.15, 0.2) is 206 Å². The Kier molecular flexibility index (Phi) is 28.4. The zero-order chi connectivity index (χ0) is 76.1. The van der Waals surface area contributed by atoms with E-state index in [1.807, 2.05) is 183 Å². The maximum absolute atomic E-state index is 13.4. The Labute approximate surface area is 639 Å². The molecule has 10 aromatic carbocycles. The van der Waals surface area contributed by atoms with E-state index in [0.29, 0.717) is 133 Å². The first-order valence-electron chi connectivity index (χ1n) is 34.4. The Morgan fingerprint density at radius 3 is 1.23 bits per heavy atom. The normalized spacial score (nSPS) is 11.8. The lowest BCUT2D eigenvalue weighted by atomic mass is 10.1. The predicted octanol–water partition coefficient (Wildman–Crippen LogP) is 19.0. The highest BCUT2D eigenvalue weighted by Crippen LogP contribution is 2.37. The van der Waals surface area contributed by atoms with E-state index in [1.54, 1.807) is 103 Å². The number of imide groups is 2. The number of fused-ring (bicyclic) bond motifs is 2. The number of aryl methyl sites for hydroxylation is 4. The van der Waals surface area contributed by atoms with Gasteiger partial charge >= 0.3 is 0 Å². The number of anilines is 2. The second-order valence-electron chi connectivity index (χ2n) is 24.9. The molecule has 0 bridgehead atoms. The van der Waals surface area contributed by atoms with Crippen LogP contribution in [-0.2, 0) is 26.3 Å². The summed E-state index contributed by atoms with van der Waals surface area (Å²) in [6, 6.07) is 62.4. The Morgan fingerprint density at radius 1 is 0.396 bits per heavy atom. The van der Waals surface area contributed by atoms with Crippen molar-refractivity contribution >= 4 is 93.2 Å². The van der Waals surface area contributed by atoms with Gasteiger partial charge in [-0.05, 0) is 204 Å². The highest BCUT2D eigenvalue weighted by atomic mass is 35.5. The zero-order valence-corrected chi connectivity index (χ0v) is 63.7. The quantitative estimate of drug-likeness (QED) is 0.0565. The maximum atomic E-state index is 13.4. The first kappa shape index (κ1) is 79.5. The third-order valence-electron chi connectivity index (χ3n) is 16.9. The fourth-order valence-electron chi connectivity index (χ4n) is 11.4. The van der Waals surface area contributed by atoms with Gasteiger partial charge in [-0.3, -0.25) is 38.6 Å². The van der Waals surface area contributed by atoms with Crippen molar-refractivity contribution in [2.45, 2.75) is 74.8 Å². The molecule has 0 spiro atoms. The molecule has 2 aliphatic rings. The molecule has 0 aliphatic carbocycles. The summed E-state index contributed by atoms with van der Waals surface area (Å²) in [4.78, 5) is 83.3. The third-order valence-corrected chi connectivity index (χ3v) is 18.6. The van der Waals surface area contributed by atoms with E-state index in [-0.39, 0.29) is 48.5 Å². The van der Waals surface area contributed by atoms with Gasteiger partial charge in [0.15, 0.2) is 0 Å². The molecule has 6 amide bonds. The van der Waals surface area contributed by atoms with Crippen molar-refractivity contribution in [3.05, 3.63) is 304 Å². The second kappa shape index (κ2) is 37.9. The molecule has 0 radical (unpaired) electrons. The van der Waals surface area contributed by atoms with Crippen molar-refractivity contribution < 1.29 is 57.2 Å². The van der Waals surface area contributed by atoms with E-state index < -0.39 is 0 Å². The van der Waals surface area contributed by atoms with Crippen molar-refractivity contribution in [2.75, 3.05) is 64.3 Å². The molecule has 0 fully saturated rings. The lowest BCUT2D eigenvalue weighted by Crippen LogP contribution is -2.29. The van der Waals surface area contributed by atoms with E-state index in [1.165, 1.54) is 9.80 Å². The SMILES string of the molecule is CCOc1cccc(OCc2ccccc2)c1C(=O)N(C)c1ccc(Cl)c(C)c1.CCOc1cccc(OCc2ccccc2)c1C(=O)Nc1ccc(Cl)c(C)c1.CCOc1cccc2c1C(=O)N(Cc1ccc(Cl)c(C)c1)C2=O.Cc1cc(CN2C(=O)c3cccc(OCCN(C)C)c3C2=O)ccc1Cl. The zero-order valence-electron chi connectivity index (χ0n) is 60.7. The molecule has 12 rings (SSSR count). The number of nitrogens with zero attached hydrogens (tertiary/aromatic N) is 4. The Morgan fingerprint density at radius 2 is 0.783 bits per heavy atom. The van der Waals surface area contributed by atoms with Gasteiger partial charge in [0.05, 0.1) is 55.2 Å². The fraction of sp³-hybridized carbons (Fsp3) is 0.224. The smallest absolute Gasteiger partial charge is 0.265 e. The summed E-state index contributed by atoms with van der Waals surface area (Å²) in [5, 5.41) is 5.54. The number of carbonyl (C=O) groups is 6. The van der Waals surface area contributed by atoms with Gasteiger partial charge in [-0.1, -0.05) is 156 Å². The van der Waals surface area contributed by atoms with Crippen LogP contribution in [0.1, 0.15) is 127 Å². The average Bonchev–Trinajstić information content (AvgIpc) is 1.62. The third kappa shape index (κ3) is 20.2. The van der Waals surface area contributed by atoms with Crippen molar-refractivity contribution in [3.63, 3.8) is 0 Å². The predicted molar refractivity (Wildman–Crippen MR) is 419 cm³/mol. The number of hydrogen-bond acceptors (Lipinski definition) is 13. The van der Waals surface area contributed by atoms with E-state index in [9.17, 15) is 28.8 Å². The van der Waals surface area contributed by atoms with Gasteiger partial charge in [0.2, 0.25) is 0 Å². The van der Waals surface area contributed by atoms with E-state index in [4.69, 9.17) is 74.8 Å². The molecule has 0 atom stereocenters. The molecule has 2 heterocycles. The van der Waals surface area contributed by atoms with Gasteiger partial charge in [0.25, 0.3) is 35.4 Å². The second-order valence-corrected chi connectivity index (χ2v) is 26.5. The lowest BCUT2D eigenvalue weighted by molar-refractivity contribution is 0.0625. The number of halogens is 4. The number of likely N-dealkylation sites (N-methyl/N-ethyl adjacent to an activating group) is 1. The summed E-state index contributed by atoms with van der Waals surface area (Å²) >= 11 is 24.3. The van der Waals surface area contributed by atoms with Crippen molar-refractivity contribution in [3.8, 4) is 34.5 Å². The summed E-state index contributed by atoms with van der Waals surface area (Å²) < 4.78 is 34.6. The standard InChI is InChI=1S/C24H24ClNO3.C23H22ClNO3.C20H21ClN2O3.C18H16ClNO3/c1-4-28-21-11-8-12-22(29-16-18-9-6-5-7-10-18)23(21)24(27)26(3)19-13-14-20(25)17(2)15-19;1-3-27-20-10-7-11-21(28-15-17-8-5-4-6-9-17)22(20)23(26)25-18-12-13-19(24)16(2)14-18;1-13-11-14(7-8-16(13)21)12-23-19(24)15-5-4-6-17(18(15)20(23)25)26-10-9-22(2)3;1-3-23-15-6-4-5-13-16(15)18(22)20(17(13)21)10-12-7-8-14(19)11(2)9-12/h5-15H,4,16H2,1-3H3;4-14H,3,15H2,1-2H3,(H,25,26);4-8,11H,9-10,12H2,1-3H3;4-9H,3,10H2,1-2H3. The highest BCUT2D eigenvalue weighted by molar-refractivity contribution is 6.32. The molecule has 10 aromatic rings. The fourth-order valence-corrected chi connectivity index (χ4v) is 11.8. The van der Waals surface area contributed by atoms with Gasteiger partial charge in [-0.15, -0.1) is 0 Å². The molecular weight excluding hydrogens is 1420 g/mol. The number of carbonyl (C=O) groups excluding carboxylic acids is 6. The van der Waals surface area contributed by atoms with Crippen LogP contribution in [0.4, 0.5) is 11.4 Å². The number of amides is 6. The number of ether oxygens (including phenoxy) is 6. The molecule has 17 nitrogen and oxygen atoms in total. The molecule has 21 heteroatoms. The topological polar surface area (TPSA) is 183 Å². The lowest BCUT2D eigenvalue weighted by Gasteiger charge is -2.22. The Hall–Kier alpha value is -10.7. The van der Waals surface area contributed by atoms with Crippen LogP contribution >= 0.6 is 46.4 Å². The van der Waals surface area contributed by atoms with Crippen LogP contribution in [0.5, 0.6) is 34.5 Å². The summed E-state index contributed by atoms with van der Waals surface area (Å²) in [6.07, 6.45) is 0. The molecule has 1 N–H and O–H groups in total. The minimum Gasteiger partial charge on any atom is -0.493 e. The van der Waals surface area contributed by atoms with E-state index >= 15 is 0 Å². The average molecular weight is 1510 g/mol. The monoisotopic (exact) mass is 1510 g/mol. The summed E-state index contributed by atoms with van der Waals surface area (Å²) in [7, 11) is 5.63. The molecular formula is C85H83Cl4N5O12. The summed E-state index contributed by atoms with van der Waals surface area (Å²) in [5.41, 5.74) is 11.0. The van der Waals surface area contributed by atoms with Gasteiger partial charge in [0.1, 0.15) is 65.4 Å². The summed E-state index contributed by atoms with van der Waals surface area (Å²) in [5.74, 6) is 1.12. The highest BCUT2D eigenvalue weighted by Gasteiger charge is 2.40. The molecule has 0 saturated carbocycles. The molecule has 0 saturated heterocycles. The number of benzene rings is 10. The number of rotatable bonds is 24. The first-order valence-corrected chi connectivity index (χ1v) is 35.9. The van der Waals surface area contributed by atoms with E-state index in [2.05, 4.69) is 5.32 Å². The molecule has 0 aromatic heterocycles. The molecule has 0 unspecified atom stereocenters. The first-order chi connectivity index (χ1) is 51.0. The van der Waals surface area contributed by atoms with Crippen LogP contribution in [0, 0.1) is 27.7 Å². The largest absolute Gasteiger partial charge is 0.493 e. The van der Waals surface area contributed by atoms with Crippen LogP contribution in [-0.4, -0.2) is 104 Å². The van der Waals surface area contributed by atoms with Gasteiger partial charge in [0, 0.05) is 45.1 Å². The maximum Gasteiger partial charge on any atom is 0.265 e. The van der Waals surface area contributed by atoms with Crippen LogP contribution in [0.2, 0.25) is 20.1 Å². The van der Waals surface area contributed by atoms with E-state index in [0.717, 1.165) is 56.7 Å². The van der Waals surface area contributed by atoms with Crippen LogP contribution < -0.4 is 38.6 Å². The molecule has 2 aliphatic heterocycles. The molecule has 106 heavy (non-hydrogen) atoms. The van der Waals surface area contributed by atoms with Crippen LogP contribution in [0.3, 0.4) is 0 Å². The van der Waals surface area contributed by atoms with Crippen LogP contribution in [0.25, 0.3) is 0 Å². The minimum absolute atomic E-state index is 0.209. The van der Waals surface area contributed by atoms with Crippen molar-refractivity contribution in [1.82, 2.24) is 14.7 Å². The number of nitrogens with one attached hydrogen (secondary N) is 1. The summed E-state index contributed by atoms with van der Waals surface area (Å²) in [6.45, 7) is 16.8. The Bertz CT molecular complexity index is 4810. The minimum atomic E-state index is -0.321. The van der Waals surface area contributed by atoms with Crippen molar-refractivity contribution in [2.24, 2.45) is 0 Å². The number of hydrogen-bond donors (Lipinski definition) is 1.